The second kappa shape index (κ2) is 9.36. The second-order valence-corrected chi connectivity index (χ2v) is 9.88. The highest BCUT2D eigenvalue weighted by Gasteiger charge is 2.29. The first kappa shape index (κ1) is 22.8. The minimum Gasteiger partial charge on any atom is -0.496 e. The van der Waals surface area contributed by atoms with Crippen LogP contribution >= 0.6 is 11.6 Å². The molecule has 1 atom stereocenters. The van der Waals surface area contributed by atoms with E-state index in [0.29, 0.717) is 12.5 Å². The third-order valence-electron chi connectivity index (χ3n) is 6.91. The molecule has 176 valence electrons. The van der Waals surface area contributed by atoms with E-state index in [-0.39, 0.29) is 6.04 Å². The number of aryl methyl sites for hydroxylation is 1. The van der Waals surface area contributed by atoms with Crippen molar-refractivity contribution >= 4 is 22.5 Å². The van der Waals surface area contributed by atoms with Crippen molar-refractivity contribution in [2.24, 2.45) is 0 Å². The number of aromatic nitrogens is 1. The third-order valence-corrected chi connectivity index (χ3v) is 7.32. The number of methoxy groups -OCH3 is 1. The molecular weight excluding hydrogens is 444 g/mol. The average molecular weight is 476 g/mol. The second-order valence-electron chi connectivity index (χ2n) is 9.47. The van der Waals surface area contributed by atoms with Crippen molar-refractivity contribution in [3.63, 3.8) is 0 Å². The minimum absolute atomic E-state index is 0.227. The normalized spacial score (nSPS) is 15.5. The van der Waals surface area contributed by atoms with Crippen molar-refractivity contribution < 1.29 is 14.8 Å². The molecule has 0 aliphatic carbocycles. The summed E-state index contributed by atoms with van der Waals surface area (Å²) < 4.78 is 12.1. The molecule has 1 aromatic heterocycles. The molecule has 0 radical (unpaired) electrons. The van der Waals surface area contributed by atoms with E-state index < -0.39 is 0 Å². The van der Waals surface area contributed by atoms with Gasteiger partial charge in [0.2, 0.25) is 0 Å². The Bertz CT molecular complexity index is 1340. The van der Waals surface area contributed by atoms with Crippen LogP contribution in [0.2, 0.25) is 5.02 Å². The van der Waals surface area contributed by atoms with Gasteiger partial charge in [-0.3, -0.25) is 0 Å². The SMILES string of the molecule is COc1ccc(C2[NH2+]CCc3c2[nH]c2ccccc32)cc1COc1cc(C)c(Cl)cc1C(C)C. The standard InChI is InChI=1S/C29H31ClN2O2/c1-17(2)23-15-24(30)18(3)13-27(23)34-16-20-14-19(9-10-26(20)33-4)28-29-22(11-12-31-28)21-7-5-6-8-25(21)32-29/h5-10,13-15,17,28,31-32H,11-12,16H2,1-4H3/p+1. The van der Waals surface area contributed by atoms with Crippen LogP contribution in [0.15, 0.2) is 54.6 Å². The number of halogens is 1. The average Bonchev–Trinajstić information content (AvgIpc) is 3.23. The summed E-state index contributed by atoms with van der Waals surface area (Å²) in [6.07, 6.45) is 1.08. The Balaban J connectivity index is 1.48. The molecule has 0 fully saturated rings. The Morgan fingerprint density at radius 2 is 1.91 bits per heavy atom. The summed E-state index contributed by atoms with van der Waals surface area (Å²) in [6, 6.07) is 19.4. The number of nitrogens with one attached hydrogen (secondary N) is 1. The number of nitrogens with two attached hydrogens (primary N) is 1. The lowest BCUT2D eigenvalue weighted by Crippen LogP contribution is -2.87. The zero-order valence-corrected chi connectivity index (χ0v) is 21.0. The van der Waals surface area contributed by atoms with Crippen LogP contribution in [0.5, 0.6) is 11.5 Å². The zero-order chi connectivity index (χ0) is 23.8. The molecule has 1 aliphatic heterocycles. The van der Waals surface area contributed by atoms with Gasteiger partial charge in [0.1, 0.15) is 18.1 Å². The van der Waals surface area contributed by atoms with Crippen molar-refractivity contribution in [2.45, 2.75) is 45.8 Å². The smallest absolute Gasteiger partial charge is 0.153 e. The summed E-state index contributed by atoms with van der Waals surface area (Å²) in [7, 11) is 1.72. The molecule has 4 aromatic rings. The maximum Gasteiger partial charge on any atom is 0.153 e. The highest BCUT2D eigenvalue weighted by atomic mass is 35.5. The van der Waals surface area contributed by atoms with Gasteiger partial charge < -0.3 is 19.8 Å². The fourth-order valence-corrected chi connectivity index (χ4v) is 5.25. The Kier molecular flexibility index (Phi) is 6.28. The number of rotatable bonds is 6. The van der Waals surface area contributed by atoms with Gasteiger partial charge in [0.05, 0.1) is 19.3 Å². The maximum atomic E-state index is 6.39. The van der Waals surface area contributed by atoms with Gasteiger partial charge in [-0.1, -0.05) is 43.6 Å². The quantitative estimate of drug-likeness (QED) is 0.356. The highest BCUT2D eigenvalue weighted by molar-refractivity contribution is 6.31. The van der Waals surface area contributed by atoms with E-state index in [1.807, 2.05) is 19.1 Å². The number of fused-ring (bicyclic) bond motifs is 3. The van der Waals surface area contributed by atoms with Crippen LogP contribution in [0, 0.1) is 6.92 Å². The number of para-hydroxylation sites is 1. The Morgan fingerprint density at radius 3 is 2.71 bits per heavy atom. The third kappa shape index (κ3) is 4.17. The Labute approximate surface area is 206 Å². The summed E-state index contributed by atoms with van der Waals surface area (Å²) in [6.45, 7) is 7.83. The zero-order valence-electron chi connectivity index (χ0n) is 20.2. The Hall–Kier alpha value is -2.95. The van der Waals surface area contributed by atoms with Gasteiger partial charge in [-0.2, -0.15) is 0 Å². The molecule has 0 spiro atoms. The molecule has 2 heterocycles. The van der Waals surface area contributed by atoms with Crippen LogP contribution in [0.4, 0.5) is 0 Å². The molecule has 0 amide bonds. The first-order chi connectivity index (χ1) is 16.5. The molecule has 3 aromatic carbocycles. The van der Waals surface area contributed by atoms with Crippen molar-refractivity contribution in [2.75, 3.05) is 13.7 Å². The molecule has 4 nitrogen and oxygen atoms in total. The lowest BCUT2D eigenvalue weighted by atomic mass is 9.93. The van der Waals surface area contributed by atoms with E-state index in [9.17, 15) is 0 Å². The van der Waals surface area contributed by atoms with Crippen LogP contribution in [0.1, 0.15) is 59.3 Å². The monoisotopic (exact) mass is 475 g/mol. The van der Waals surface area contributed by atoms with Crippen LogP contribution in [-0.2, 0) is 13.0 Å². The van der Waals surface area contributed by atoms with Crippen LogP contribution in [0.3, 0.4) is 0 Å². The minimum atomic E-state index is 0.227. The van der Waals surface area contributed by atoms with E-state index in [2.05, 4.69) is 66.6 Å². The fourth-order valence-electron chi connectivity index (χ4n) is 5.08. The first-order valence-corrected chi connectivity index (χ1v) is 12.4. The van der Waals surface area contributed by atoms with E-state index in [0.717, 1.165) is 46.2 Å². The van der Waals surface area contributed by atoms with Crippen molar-refractivity contribution in [3.8, 4) is 11.5 Å². The molecule has 0 saturated carbocycles. The van der Waals surface area contributed by atoms with Gasteiger partial charge in [0.15, 0.2) is 6.04 Å². The fraction of sp³-hybridized carbons (Fsp3) is 0.310. The van der Waals surface area contributed by atoms with E-state index in [1.165, 1.54) is 27.7 Å². The van der Waals surface area contributed by atoms with E-state index >= 15 is 0 Å². The number of hydrogen-bond donors (Lipinski definition) is 2. The maximum absolute atomic E-state index is 6.39. The molecule has 5 heteroatoms. The summed E-state index contributed by atoms with van der Waals surface area (Å²) >= 11 is 6.39. The number of H-pyrrole nitrogens is 1. The number of benzene rings is 3. The van der Waals surface area contributed by atoms with Gasteiger partial charge >= 0.3 is 0 Å². The summed E-state index contributed by atoms with van der Waals surface area (Å²) in [5.74, 6) is 2.04. The van der Waals surface area contributed by atoms with Gasteiger partial charge in [-0.05, 0) is 65.9 Å². The van der Waals surface area contributed by atoms with Gasteiger partial charge in [0.25, 0.3) is 0 Å². The molecule has 1 unspecified atom stereocenters. The summed E-state index contributed by atoms with van der Waals surface area (Å²) in [4.78, 5) is 3.70. The van der Waals surface area contributed by atoms with E-state index in [1.54, 1.807) is 7.11 Å². The molecule has 5 rings (SSSR count). The molecule has 3 N–H and O–H groups in total. The van der Waals surface area contributed by atoms with Gasteiger partial charge in [0, 0.05) is 33.5 Å². The van der Waals surface area contributed by atoms with Gasteiger partial charge in [-0.25, -0.2) is 0 Å². The number of aromatic amines is 1. The van der Waals surface area contributed by atoms with Crippen LogP contribution in [-0.4, -0.2) is 18.6 Å². The van der Waals surface area contributed by atoms with Gasteiger partial charge in [-0.15, -0.1) is 0 Å². The molecule has 0 saturated heterocycles. The topological polar surface area (TPSA) is 50.9 Å². The summed E-state index contributed by atoms with van der Waals surface area (Å²) in [5, 5.41) is 4.54. The van der Waals surface area contributed by atoms with Crippen LogP contribution < -0.4 is 14.8 Å². The molecule has 0 bridgehead atoms. The van der Waals surface area contributed by atoms with Crippen molar-refractivity contribution in [1.82, 2.24) is 4.98 Å². The van der Waals surface area contributed by atoms with E-state index in [4.69, 9.17) is 21.1 Å². The molecule has 1 aliphatic rings. The number of ether oxygens (including phenoxy) is 2. The Morgan fingerprint density at radius 1 is 1.09 bits per heavy atom. The van der Waals surface area contributed by atoms with Crippen molar-refractivity contribution in [1.29, 1.82) is 0 Å². The summed E-state index contributed by atoms with van der Waals surface area (Å²) in [5.41, 5.74) is 8.39. The highest BCUT2D eigenvalue weighted by Crippen LogP contribution is 2.35. The lowest BCUT2D eigenvalue weighted by Gasteiger charge is -2.23. The van der Waals surface area contributed by atoms with Crippen molar-refractivity contribution in [3.05, 3.63) is 93.1 Å². The predicted molar refractivity (Wildman–Crippen MR) is 138 cm³/mol. The number of hydrogen-bond acceptors (Lipinski definition) is 2. The largest absolute Gasteiger partial charge is 0.496 e. The molecular formula is C29H32ClN2O2+. The predicted octanol–water partition coefficient (Wildman–Crippen LogP) is 6.05. The molecule has 34 heavy (non-hydrogen) atoms. The first-order valence-electron chi connectivity index (χ1n) is 12.0. The van der Waals surface area contributed by atoms with Crippen LogP contribution in [0.25, 0.3) is 10.9 Å². The lowest BCUT2D eigenvalue weighted by molar-refractivity contribution is -0.690. The number of quaternary nitrogens is 1.